The lowest BCUT2D eigenvalue weighted by Crippen LogP contribution is -2.25. The van der Waals surface area contributed by atoms with E-state index in [2.05, 4.69) is 10.6 Å². The number of carbonyl (C=O) groups excluding carboxylic acids is 1. The Kier molecular flexibility index (Phi) is 1.81. The summed E-state index contributed by atoms with van der Waals surface area (Å²) in [5, 5.41) is 5.72. The van der Waals surface area contributed by atoms with Crippen LogP contribution in [-0.4, -0.2) is 19.6 Å². The molecule has 1 amide bonds. The van der Waals surface area contributed by atoms with Gasteiger partial charge in [0.05, 0.1) is 5.69 Å². The number of anilines is 2. The fraction of sp³-hybridized carbons (Fsp3) is 0.222. The average Bonchev–Trinajstić information content (AvgIpc) is 2.16. The van der Waals surface area contributed by atoms with Gasteiger partial charge in [0.1, 0.15) is 5.75 Å². The molecule has 68 valence electrons. The summed E-state index contributed by atoms with van der Waals surface area (Å²) in [6, 6.07) is 5.57. The molecule has 0 aromatic heterocycles. The van der Waals surface area contributed by atoms with Crippen molar-refractivity contribution in [2.45, 2.75) is 0 Å². The molecule has 4 nitrogen and oxygen atoms in total. The topological polar surface area (TPSA) is 50.4 Å². The van der Waals surface area contributed by atoms with E-state index >= 15 is 0 Å². The van der Waals surface area contributed by atoms with Crippen LogP contribution in [0.1, 0.15) is 0 Å². The van der Waals surface area contributed by atoms with Crippen molar-refractivity contribution in [3.8, 4) is 5.75 Å². The molecular formula is C9H10N2O2. The van der Waals surface area contributed by atoms with Crippen LogP contribution >= 0.6 is 0 Å². The predicted molar refractivity (Wildman–Crippen MR) is 50.1 cm³/mol. The van der Waals surface area contributed by atoms with Crippen molar-refractivity contribution in [2.24, 2.45) is 0 Å². The third kappa shape index (κ3) is 1.42. The molecule has 1 aromatic rings. The first-order valence-corrected chi connectivity index (χ1v) is 4.04. The van der Waals surface area contributed by atoms with Crippen molar-refractivity contribution in [1.29, 1.82) is 0 Å². The number of amides is 1. The monoisotopic (exact) mass is 178 g/mol. The van der Waals surface area contributed by atoms with Crippen LogP contribution in [-0.2, 0) is 4.79 Å². The molecule has 4 heteroatoms. The van der Waals surface area contributed by atoms with Crippen molar-refractivity contribution in [1.82, 2.24) is 0 Å². The SMILES string of the molecule is CNc1ccc2c(c1)NC(=O)CO2. The van der Waals surface area contributed by atoms with E-state index in [1.807, 2.05) is 25.2 Å². The van der Waals surface area contributed by atoms with Gasteiger partial charge in [0.2, 0.25) is 0 Å². The number of fused-ring (bicyclic) bond motifs is 1. The molecule has 0 fully saturated rings. The molecular weight excluding hydrogens is 168 g/mol. The second-order valence-corrected chi connectivity index (χ2v) is 2.80. The van der Waals surface area contributed by atoms with Crippen LogP contribution in [0.3, 0.4) is 0 Å². The van der Waals surface area contributed by atoms with Crippen molar-refractivity contribution in [2.75, 3.05) is 24.3 Å². The van der Waals surface area contributed by atoms with Gasteiger partial charge in [0.15, 0.2) is 6.61 Å². The number of ether oxygens (including phenoxy) is 1. The van der Waals surface area contributed by atoms with Gasteiger partial charge >= 0.3 is 0 Å². The zero-order chi connectivity index (χ0) is 9.26. The van der Waals surface area contributed by atoms with Crippen molar-refractivity contribution >= 4 is 17.3 Å². The molecule has 1 aliphatic heterocycles. The Hall–Kier alpha value is -1.71. The molecule has 0 saturated heterocycles. The fourth-order valence-corrected chi connectivity index (χ4v) is 1.24. The highest BCUT2D eigenvalue weighted by Crippen LogP contribution is 2.29. The van der Waals surface area contributed by atoms with E-state index in [1.165, 1.54) is 0 Å². The van der Waals surface area contributed by atoms with Crippen LogP contribution in [0.2, 0.25) is 0 Å². The second kappa shape index (κ2) is 2.97. The van der Waals surface area contributed by atoms with Gasteiger partial charge in [-0.3, -0.25) is 4.79 Å². The zero-order valence-electron chi connectivity index (χ0n) is 7.26. The summed E-state index contributed by atoms with van der Waals surface area (Å²) < 4.78 is 5.20. The van der Waals surface area contributed by atoms with Gasteiger partial charge < -0.3 is 15.4 Å². The van der Waals surface area contributed by atoms with E-state index < -0.39 is 0 Å². The largest absolute Gasteiger partial charge is 0.482 e. The van der Waals surface area contributed by atoms with E-state index in [-0.39, 0.29) is 12.5 Å². The molecule has 0 atom stereocenters. The van der Waals surface area contributed by atoms with E-state index in [0.29, 0.717) is 0 Å². The smallest absolute Gasteiger partial charge is 0.262 e. The lowest BCUT2D eigenvalue weighted by atomic mass is 10.2. The maximum atomic E-state index is 11.0. The molecule has 0 bridgehead atoms. The average molecular weight is 178 g/mol. The summed E-state index contributed by atoms with van der Waals surface area (Å²) in [5.41, 5.74) is 1.67. The molecule has 13 heavy (non-hydrogen) atoms. The number of rotatable bonds is 1. The lowest BCUT2D eigenvalue weighted by molar-refractivity contribution is -0.118. The van der Waals surface area contributed by atoms with Crippen LogP contribution in [0, 0.1) is 0 Å². The van der Waals surface area contributed by atoms with E-state index in [4.69, 9.17) is 4.74 Å². The highest BCUT2D eigenvalue weighted by atomic mass is 16.5. The fourth-order valence-electron chi connectivity index (χ4n) is 1.24. The molecule has 0 unspecified atom stereocenters. The Labute approximate surface area is 75.9 Å². The molecule has 1 heterocycles. The van der Waals surface area contributed by atoms with Crippen LogP contribution < -0.4 is 15.4 Å². The summed E-state index contributed by atoms with van der Waals surface area (Å²) >= 11 is 0. The summed E-state index contributed by atoms with van der Waals surface area (Å²) in [4.78, 5) is 11.0. The number of carbonyl (C=O) groups is 1. The van der Waals surface area contributed by atoms with Gasteiger partial charge in [-0.05, 0) is 18.2 Å². The molecule has 0 aliphatic carbocycles. The molecule has 2 rings (SSSR count). The number of hydrogen-bond acceptors (Lipinski definition) is 3. The van der Waals surface area contributed by atoms with Gasteiger partial charge in [0, 0.05) is 12.7 Å². The minimum atomic E-state index is -0.110. The molecule has 0 saturated carbocycles. The predicted octanol–water partition coefficient (Wildman–Crippen LogP) is 1.06. The van der Waals surface area contributed by atoms with Crippen LogP contribution in [0.15, 0.2) is 18.2 Å². The number of benzene rings is 1. The molecule has 0 radical (unpaired) electrons. The number of nitrogens with one attached hydrogen (secondary N) is 2. The van der Waals surface area contributed by atoms with Gasteiger partial charge in [-0.2, -0.15) is 0 Å². The zero-order valence-corrected chi connectivity index (χ0v) is 7.26. The Balaban J connectivity index is 2.38. The van der Waals surface area contributed by atoms with Crippen LogP contribution in [0.5, 0.6) is 5.75 Å². The molecule has 2 N–H and O–H groups in total. The maximum Gasteiger partial charge on any atom is 0.262 e. The lowest BCUT2D eigenvalue weighted by Gasteiger charge is -2.18. The summed E-state index contributed by atoms with van der Waals surface area (Å²) in [5.74, 6) is 0.611. The van der Waals surface area contributed by atoms with Crippen molar-refractivity contribution in [3.63, 3.8) is 0 Å². The minimum Gasteiger partial charge on any atom is -0.482 e. The highest BCUT2D eigenvalue weighted by Gasteiger charge is 2.15. The first-order valence-electron chi connectivity index (χ1n) is 4.04. The first-order chi connectivity index (χ1) is 6.29. The Morgan fingerprint density at radius 3 is 3.15 bits per heavy atom. The minimum absolute atomic E-state index is 0.103. The molecule has 1 aromatic carbocycles. The quantitative estimate of drug-likeness (QED) is 0.676. The Morgan fingerprint density at radius 2 is 2.38 bits per heavy atom. The summed E-state index contributed by atoms with van der Waals surface area (Å²) in [7, 11) is 1.83. The third-order valence-corrected chi connectivity index (χ3v) is 1.90. The van der Waals surface area contributed by atoms with Gasteiger partial charge in [-0.25, -0.2) is 0 Å². The number of hydrogen-bond donors (Lipinski definition) is 2. The summed E-state index contributed by atoms with van der Waals surface area (Å²) in [6.07, 6.45) is 0. The second-order valence-electron chi connectivity index (χ2n) is 2.80. The first kappa shape index (κ1) is 7.91. The van der Waals surface area contributed by atoms with Crippen molar-refractivity contribution < 1.29 is 9.53 Å². The Morgan fingerprint density at radius 1 is 1.54 bits per heavy atom. The Bertz CT molecular complexity index is 349. The highest BCUT2D eigenvalue weighted by molar-refractivity contribution is 5.95. The van der Waals surface area contributed by atoms with Gasteiger partial charge in [-0.1, -0.05) is 0 Å². The molecule has 1 aliphatic rings. The van der Waals surface area contributed by atoms with E-state index in [0.717, 1.165) is 17.1 Å². The summed E-state index contributed by atoms with van der Waals surface area (Å²) in [6.45, 7) is 0.103. The normalized spacial score (nSPS) is 14.1. The third-order valence-electron chi connectivity index (χ3n) is 1.90. The van der Waals surface area contributed by atoms with Gasteiger partial charge in [-0.15, -0.1) is 0 Å². The van der Waals surface area contributed by atoms with E-state index in [1.54, 1.807) is 0 Å². The van der Waals surface area contributed by atoms with Crippen molar-refractivity contribution in [3.05, 3.63) is 18.2 Å². The maximum absolute atomic E-state index is 11.0. The van der Waals surface area contributed by atoms with Crippen LogP contribution in [0.4, 0.5) is 11.4 Å². The van der Waals surface area contributed by atoms with Gasteiger partial charge in [0.25, 0.3) is 5.91 Å². The van der Waals surface area contributed by atoms with Crippen LogP contribution in [0.25, 0.3) is 0 Å². The van der Waals surface area contributed by atoms with E-state index in [9.17, 15) is 4.79 Å². The standard InChI is InChI=1S/C9H10N2O2/c1-10-6-2-3-8-7(4-6)11-9(12)5-13-8/h2-4,10H,5H2,1H3,(H,11,12). The molecule has 0 spiro atoms.